The van der Waals surface area contributed by atoms with Gasteiger partial charge in [-0.3, -0.25) is 0 Å². The van der Waals surface area contributed by atoms with E-state index in [2.05, 4.69) is 10.3 Å². The second kappa shape index (κ2) is 5.88. The van der Waals surface area contributed by atoms with Gasteiger partial charge in [0, 0.05) is 17.6 Å². The minimum absolute atomic E-state index is 0.0605. The third kappa shape index (κ3) is 3.17. The monoisotopic (exact) mass is 307 g/mol. The Hall–Kier alpha value is -2.47. The van der Waals surface area contributed by atoms with Gasteiger partial charge in [0.25, 0.3) is 0 Å². The Morgan fingerprint density at radius 1 is 1.38 bits per heavy atom. The van der Waals surface area contributed by atoms with Gasteiger partial charge in [0.2, 0.25) is 0 Å². The number of carbonyl (C=O) groups is 1. The van der Waals surface area contributed by atoms with Crippen molar-refractivity contribution >= 4 is 34.8 Å². The van der Waals surface area contributed by atoms with Crippen LogP contribution < -0.4 is 5.32 Å². The Kier molecular flexibility index (Phi) is 4.18. The lowest BCUT2D eigenvalue weighted by atomic mass is 10.1. The van der Waals surface area contributed by atoms with Crippen LogP contribution in [-0.2, 0) is 0 Å². The van der Waals surface area contributed by atoms with Crippen LogP contribution in [0.3, 0.4) is 0 Å². The standard InChI is InChI=1S/C14H11ClFN3O2/c1-7(17)11-12(15)10(14(20)21)6-18-13(11)19-9-4-2-8(16)3-5-9/h2-6,17H,1H3,(H,18,19)(H,20,21). The summed E-state index contributed by atoms with van der Waals surface area (Å²) in [5.74, 6) is -1.36. The van der Waals surface area contributed by atoms with E-state index >= 15 is 0 Å². The van der Waals surface area contributed by atoms with Crippen LogP contribution in [-0.4, -0.2) is 21.8 Å². The van der Waals surface area contributed by atoms with Crippen molar-refractivity contribution in [3.8, 4) is 0 Å². The SMILES string of the molecule is CC(=N)c1c(Nc2ccc(F)cc2)ncc(C(=O)O)c1Cl. The average molecular weight is 308 g/mol. The number of rotatable bonds is 4. The van der Waals surface area contributed by atoms with Crippen LogP contribution in [0.2, 0.25) is 5.02 Å². The van der Waals surface area contributed by atoms with E-state index in [0.29, 0.717) is 5.69 Å². The molecule has 1 aromatic heterocycles. The Morgan fingerprint density at radius 3 is 2.52 bits per heavy atom. The number of aromatic nitrogens is 1. The molecule has 0 atom stereocenters. The molecule has 0 amide bonds. The number of benzene rings is 1. The van der Waals surface area contributed by atoms with Crippen molar-refractivity contribution in [3.63, 3.8) is 0 Å². The molecular formula is C14H11ClFN3O2. The normalized spacial score (nSPS) is 10.2. The number of carboxylic acids is 1. The van der Waals surface area contributed by atoms with E-state index < -0.39 is 5.97 Å². The smallest absolute Gasteiger partial charge is 0.338 e. The molecule has 5 nitrogen and oxygen atoms in total. The molecule has 3 N–H and O–H groups in total. The maximum atomic E-state index is 12.9. The van der Waals surface area contributed by atoms with Gasteiger partial charge >= 0.3 is 5.97 Å². The quantitative estimate of drug-likeness (QED) is 0.752. The zero-order chi connectivity index (χ0) is 15.6. The van der Waals surface area contributed by atoms with Crippen molar-refractivity contribution in [3.05, 3.63) is 52.4 Å². The number of pyridine rings is 1. The van der Waals surface area contributed by atoms with Crippen LogP contribution in [0.15, 0.2) is 30.5 Å². The van der Waals surface area contributed by atoms with E-state index in [-0.39, 0.29) is 33.5 Å². The van der Waals surface area contributed by atoms with Crippen LogP contribution in [0.25, 0.3) is 0 Å². The van der Waals surface area contributed by atoms with E-state index in [9.17, 15) is 9.18 Å². The first-order valence-electron chi connectivity index (χ1n) is 5.90. The molecule has 0 bridgehead atoms. The van der Waals surface area contributed by atoms with Crippen LogP contribution in [0.5, 0.6) is 0 Å². The third-order valence-corrected chi connectivity index (χ3v) is 3.12. The van der Waals surface area contributed by atoms with Crippen molar-refractivity contribution in [2.75, 3.05) is 5.32 Å². The summed E-state index contributed by atoms with van der Waals surface area (Å²) in [6, 6.07) is 5.54. The van der Waals surface area contributed by atoms with E-state index in [1.54, 1.807) is 0 Å². The fourth-order valence-electron chi connectivity index (χ4n) is 1.74. The average Bonchev–Trinajstić information content (AvgIpc) is 2.40. The lowest BCUT2D eigenvalue weighted by Gasteiger charge is -2.13. The van der Waals surface area contributed by atoms with Gasteiger partial charge in [-0.05, 0) is 31.2 Å². The fourth-order valence-corrected chi connectivity index (χ4v) is 2.11. The summed E-state index contributed by atoms with van der Waals surface area (Å²) >= 11 is 6.03. The summed E-state index contributed by atoms with van der Waals surface area (Å²) in [6.07, 6.45) is 1.11. The maximum Gasteiger partial charge on any atom is 0.338 e. The lowest BCUT2D eigenvalue weighted by molar-refractivity contribution is 0.0696. The highest BCUT2D eigenvalue weighted by molar-refractivity contribution is 6.37. The molecular weight excluding hydrogens is 297 g/mol. The number of nitrogens with zero attached hydrogens (tertiary/aromatic N) is 1. The topological polar surface area (TPSA) is 86.1 Å². The van der Waals surface area contributed by atoms with Gasteiger partial charge in [0.15, 0.2) is 0 Å². The molecule has 0 spiro atoms. The first-order valence-corrected chi connectivity index (χ1v) is 6.28. The van der Waals surface area contributed by atoms with Gasteiger partial charge in [-0.2, -0.15) is 0 Å². The molecule has 1 aromatic carbocycles. The third-order valence-electron chi connectivity index (χ3n) is 2.73. The second-order valence-corrected chi connectivity index (χ2v) is 4.65. The number of anilines is 2. The molecule has 0 saturated heterocycles. The molecule has 0 radical (unpaired) electrons. The summed E-state index contributed by atoms with van der Waals surface area (Å²) in [5, 5.41) is 19.6. The second-order valence-electron chi connectivity index (χ2n) is 4.27. The number of hydrogen-bond donors (Lipinski definition) is 3. The van der Waals surface area contributed by atoms with E-state index in [1.165, 1.54) is 31.2 Å². The Morgan fingerprint density at radius 2 is 2.00 bits per heavy atom. The molecule has 0 fully saturated rings. The van der Waals surface area contributed by atoms with E-state index in [0.717, 1.165) is 6.20 Å². The van der Waals surface area contributed by atoms with Gasteiger partial charge in [-0.15, -0.1) is 0 Å². The number of nitrogens with one attached hydrogen (secondary N) is 2. The highest BCUT2D eigenvalue weighted by atomic mass is 35.5. The number of carboxylic acid groups (broad SMARTS) is 1. The molecule has 21 heavy (non-hydrogen) atoms. The first kappa shape index (κ1) is 14.9. The van der Waals surface area contributed by atoms with Gasteiger partial charge < -0.3 is 15.8 Å². The molecule has 0 saturated carbocycles. The van der Waals surface area contributed by atoms with Crippen molar-refractivity contribution in [1.29, 1.82) is 5.41 Å². The lowest BCUT2D eigenvalue weighted by Crippen LogP contribution is -2.09. The summed E-state index contributed by atoms with van der Waals surface area (Å²) in [6.45, 7) is 1.48. The van der Waals surface area contributed by atoms with Crippen LogP contribution >= 0.6 is 11.6 Å². The van der Waals surface area contributed by atoms with Crippen molar-refractivity contribution in [1.82, 2.24) is 4.98 Å². The predicted molar refractivity (Wildman–Crippen MR) is 78.4 cm³/mol. The molecule has 0 aliphatic carbocycles. The summed E-state index contributed by atoms with van der Waals surface area (Å²) in [4.78, 5) is 15.0. The largest absolute Gasteiger partial charge is 0.478 e. The molecule has 7 heteroatoms. The van der Waals surface area contributed by atoms with Gasteiger partial charge in [0.05, 0.1) is 16.1 Å². The molecule has 0 unspecified atom stereocenters. The molecule has 0 aliphatic heterocycles. The minimum Gasteiger partial charge on any atom is -0.478 e. The predicted octanol–water partition coefficient (Wildman–Crippen LogP) is 3.70. The first-order chi connectivity index (χ1) is 9.90. The Balaban J connectivity index is 2.48. The van der Waals surface area contributed by atoms with E-state index in [4.69, 9.17) is 22.1 Å². The molecule has 1 heterocycles. The number of aromatic carboxylic acids is 1. The van der Waals surface area contributed by atoms with Crippen molar-refractivity contribution in [2.24, 2.45) is 0 Å². The van der Waals surface area contributed by atoms with Crippen LogP contribution in [0.4, 0.5) is 15.9 Å². The molecule has 0 aliphatic rings. The van der Waals surface area contributed by atoms with Crippen LogP contribution in [0.1, 0.15) is 22.8 Å². The summed E-state index contributed by atoms with van der Waals surface area (Å²) < 4.78 is 12.9. The number of hydrogen-bond acceptors (Lipinski definition) is 4. The van der Waals surface area contributed by atoms with Gasteiger partial charge in [-0.1, -0.05) is 11.6 Å². The molecule has 108 valence electrons. The highest BCUT2D eigenvalue weighted by Gasteiger charge is 2.19. The summed E-state index contributed by atoms with van der Waals surface area (Å²) in [5.41, 5.74) is 0.634. The fraction of sp³-hybridized carbons (Fsp3) is 0.0714. The van der Waals surface area contributed by atoms with Gasteiger partial charge in [-0.25, -0.2) is 14.2 Å². The minimum atomic E-state index is -1.22. The Bertz CT molecular complexity index is 717. The highest BCUT2D eigenvalue weighted by Crippen LogP contribution is 2.29. The maximum absolute atomic E-state index is 12.9. The zero-order valence-electron chi connectivity index (χ0n) is 10.9. The molecule has 2 aromatic rings. The zero-order valence-corrected chi connectivity index (χ0v) is 11.7. The van der Waals surface area contributed by atoms with Gasteiger partial charge in [0.1, 0.15) is 11.6 Å². The number of halogens is 2. The Labute approximate surface area is 124 Å². The summed E-state index contributed by atoms with van der Waals surface area (Å²) in [7, 11) is 0. The molecule has 2 rings (SSSR count). The van der Waals surface area contributed by atoms with E-state index in [1.807, 2.05) is 0 Å². The van der Waals surface area contributed by atoms with Crippen molar-refractivity contribution in [2.45, 2.75) is 6.92 Å². The van der Waals surface area contributed by atoms with Crippen molar-refractivity contribution < 1.29 is 14.3 Å². The van der Waals surface area contributed by atoms with Crippen LogP contribution in [0, 0.1) is 11.2 Å².